The molecule has 23 heavy (non-hydrogen) atoms. The number of carbonyl (C=O) groups is 1. The van der Waals surface area contributed by atoms with Crippen LogP contribution in [0.4, 0.5) is 0 Å². The fourth-order valence-corrected chi connectivity index (χ4v) is 2.56. The maximum Gasteiger partial charge on any atom is 0.359 e. The summed E-state index contributed by atoms with van der Waals surface area (Å²) >= 11 is 0. The predicted octanol–water partition coefficient (Wildman–Crippen LogP) is 0.991. The lowest BCUT2D eigenvalue weighted by Gasteiger charge is -2.00. The number of aryl methyl sites for hydroxylation is 1. The molecule has 0 radical (unpaired) electrons. The van der Waals surface area contributed by atoms with E-state index in [1.165, 1.54) is 7.05 Å². The van der Waals surface area contributed by atoms with Crippen molar-refractivity contribution in [1.29, 1.82) is 0 Å². The fraction of sp³-hybridized carbons (Fsp3) is 0.333. The van der Waals surface area contributed by atoms with E-state index in [4.69, 9.17) is 4.74 Å². The lowest BCUT2D eigenvalue weighted by molar-refractivity contribution is 0.0458. The Morgan fingerprint density at radius 2 is 2.26 bits per heavy atom. The van der Waals surface area contributed by atoms with E-state index in [0.29, 0.717) is 17.4 Å². The number of rotatable bonds is 4. The second-order valence-electron chi connectivity index (χ2n) is 5.63. The van der Waals surface area contributed by atoms with Gasteiger partial charge in [-0.25, -0.2) is 19.3 Å². The third-order valence-corrected chi connectivity index (χ3v) is 3.87. The highest BCUT2D eigenvalue weighted by Crippen LogP contribution is 2.40. The van der Waals surface area contributed by atoms with Crippen LogP contribution in [0.25, 0.3) is 5.52 Å². The van der Waals surface area contributed by atoms with Gasteiger partial charge in [-0.05, 0) is 25.0 Å². The van der Waals surface area contributed by atoms with Gasteiger partial charge in [0.1, 0.15) is 5.82 Å². The molecule has 1 aliphatic carbocycles. The van der Waals surface area contributed by atoms with Gasteiger partial charge in [0, 0.05) is 19.2 Å². The van der Waals surface area contributed by atoms with Crippen molar-refractivity contribution < 1.29 is 9.53 Å². The van der Waals surface area contributed by atoms with Gasteiger partial charge in [0.15, 0.2) is 18.1 Å². The molecule has 1 aliphatic rings. The number of H-pyrrole nitrogens is 1. The van der Waals surface area contributed by atoms with Crippen LogP contribution in [0.2, 0.25) is 0 Å². The van der Waals surface area contributed by atoms with Crippen LogP contribution in [0, 0.1) is 0 Å². The quantitative estimate of drug-likeness (QED) is 0.725. The molecule has 1 fully saturated rings. The first-order chi connectivity index (χ1) is 11.1. The molecule has 0 amide bonds. The Morgan fingerprint density at radius 1 is 1.43 bits per heavy atom. The second-order valence-corrected chi connectivity index (χ2v) is 5.63. The average Bonchev–Trinajstić information content (AvgIpc) is 3.24. The molecule has 3 aromatic rings. The van der Waals surface area contributed by atoms with Gasteiger partial charge in [0.25, 0.3) is 0 Å². The summed E-state index contributed by atoms with van der Waals surface area (Å²) in [5.74, 6) is 1.10. The Kier molecular flexibility index (Phi) is 3.03. The summed E-state index contributed by atoms with van der Waals surface area (Å²) in [5.41, 5.74) is 0.680. The monoisotopic (exact) mass is 313 g/mol. The zero-order valence-corrected chi connectivity index (χ0v) is 12.5. The molecule has 0 unspecified atom stereocenters. The van der Waals surface area contributed by atoms with E-state index < -0.39 is 5.97 Å². The van der Waals surface area contributed by atoms with Gasteiger partial charge in [-0.3, -0.25) is 4.98 Å². The maximum absolute atomic E-state index is 12.4. The Balaban J connectivity index is 1.60. The van der Waals surface area contributed by atoms with Crippen LogP contribution in [-0.4, -0.2) is 30.1 Å². The summed E-state index contributed by atoms with van der Waals surface area (Å²) in [5, 5.41) is 3.93. The number of hydrogen-bond acceptors (Lipinski definition) is 5. The van der Waals surface area contributed by atoms with Crippen LogP contribution in [0.5, 0.6) is 0 Å². The number of imidazole rings is 1. The van der Waals surface area contributed by atoms with E-state index in [2.05, 4.69) is 15.1 Å². The minimum atomic E-state index is -0.521. The van der Waals surface area contributed by atoms with Gasteiger partial charge >= 0.3 is 11.7 Å². The van der Waals surface area contributed by atoms with Crippen LogP contribution in [-0.2, 0) is 18.4 Å². The molecule has 3 heterocycles. The molecule has 0 spiro atoms. The summed E-state index contributed by atoms with van der Waals surface area (Å²) in [6.07, 6.45) is 4.10. The first-order valence-corrected chi connectivity index (χ1v) is 7.40. The molecule has 118 valence electrons. The van der Waals surface area contributed by atoms with Crippen molar-refractivity contribution in [1.82, 2.24) is 24.1 Å². The van der Waals surface area contributed by atoms with Crippen molar-refractivity contribution in [3.63, 3.8) is 0 Å². The number of aromatic nitrogens is 5. The molecule has 3 aromatic heterocycles. The van der Waals surface area contributed by atoms with Crippen molar-refractivity contribution >= 4 is 11.5 Å². The summed E-state index contributed by atoms with van der Waals surface area (Å²) in [7, 11) is 1.52. The smallest absolute Gasteiger partial charge is 0.359 e. The van der Waals surface area contributed by atoms with Gasteiger partial charge in [0.05, 0.1) is 5.52 Å². The number of esters is 1. The normalized spacial score (nSPS) is 14.3. The second kappa shape index (κ2) is 5.08. The number of nitrogens with zero attached hydrogens (tertiary/aromatic N) is 4. The largest absolute Gasteiger partial charge is 0.453 e. The highest BCUT2D eigenvalue weighted by molar-refractivity contribution is 5.95. The topological polar surface area (TPSA) is 94.3 Å². The van der Waals surface area contributed by atoms with E-state index in [9.17, 15) is 9.59 Å². The molecule has 0 aromatic carbocycles. The molecule has 0 saturated heterocycles. The Hall–Kier alpha value is -2.90. The number of aromatic amines is 1. The molecule has 8 heteroatoms. The van der Waals surface area contributed by atoms with Crippen LogP contribution in [0.3, 0.4) is 0 Å². The lowest BCUT2D eigenvalue weighted by Crippen LogP contribution is -2.13. The molecule has 1 N–H and O–H groups in total. The van der Waals surface area contributed by atoms with Crippen LogP contribution in [0.15, 0.2) is 29.2 Å². The van der Waals surface area contributed by atoms with E-state index in [-0.39, 0.29) is 12.3 Å². The van der Waals surface area contributed by atoms with Crippen LogP contribution < -0.4 is 5.69 Å². The molecule has 8 nitrogen and oxygen atoms in total. The number of carbonyl (C=O) groups excluding carboxylic acids is 1. The maximum atomic E-state index is 12.4. The summed E-state index contributed by atoms with van der Waals surface area (Å²) < 4.78 is 8.34. The lowest BCUT2D eigenvalue weighted by atomic mass is 10.3. The number of nitrogens with one attached hydrogen (secondary N) is 1. The first kappa shape index (κ1) is 13.7. The van der Waals surface area contributed by atoms with Gasteiger partial charge in [-0.2, -0.15) is 5.10 Å². The van der Waals surface area contributed by atoms with Crippen molar-refractivity contribution in [3.05, 3.63) is 52.2 Å². The van der Waals surface area contributed by atoms with Crippen molar-refractivity contribution in [2.45, 2.75) is 25.4 Å². The van der Waals surface area contributed by atoms with Gasteiger partial charge in [-0.15, -0.1) is 0 Å². The highest BCUT2D eigenvalue weighted by atomic mass is 16.5. The molecular weight excluding hydrogens is 298 g/mol. The van der Waals surface area contributed by atoms with E-state index in [0.717, 1.165) is 28.9 Å². The average molecular weight is 313 g/mol. The zero-order valence-electron chi connectivity index (χ0n) is 12.5. The van der Waals surface area contributed by atoms with Crippen molar-refractivity contribution in [2.75, 3.05) is 0 Å². The molecule has 4 rings (SSSR count). The summed E-state index contributed by atoms with van der Waals surface area (Å²) in [4.78, 5) is 30.7. The molecule has 0 bridgehead atoms. The van der Waals surface area contributed by atoms with Crippen LogP contribution in [0.1, 0.15) is 40.9 Å². The van der Waals surface area contributed by atoms with Crippen LogP contribution >= 0.6 is 0 Å². The third kappa shape index (κ3) is 2.41. The van der Waals surface area contributed by atoms with E-state index in [1.807, 2.05) is 28.8 Å². The minimum Gasteiger partial charge on any atom is -0.453 e. The Labute approximate surface area is 130 Å². The molecule has 0 aliphatic heterocycles. The minimum absolute atomic E-state index is 0.0977. The number of ether oxygens (including phenoxy) is 1. The summed E-state index contributed by atoms with van der Waals surface area (Å²) in [6.45, 7) is -0.0977. The highest BCUT2D eigenvalue weighted by Gasteiger charge is 2.30. The summed E-state index contributed by atoms with van der Waals surface area (Å²) in [6, 6.07) is 5.62. The van der Waals surface area contributed by atoms with Crippen molar-refractivity contribution in [2.24, 2.45) is 7.05 Å². The van der Waals surface area contributed by atoms with Gasteiger partial charge in [-0.1, -0.05) is 6.07 Å². The first-order valence-electron chi connectivity index (χ1n) is 7.40. The van der Waals surface area contributed by atoms with E-state index >= 15 is 0 Å². The Bertz CT molecular complexity index is 948. The predicted molar refractivity (Wildman–Crippen MR) is 80.1 cm³/mol. The van der Waals surface area contributed by atoms with Crippen molar-refractivity contribution in [3.8, 4) is 0 Å². The number of hydrogen-bond donors (Lipinski definition) is 1. The van der Waals surface area contributed by atoms with E-state index in [1.54, 1.807) is 0 Å². The SMILES string of the molecule is Cn1nc(COC(=O)c2nc(C3CC3)n3ccccc23)[nH]c1=O. The third-order valence-electron chi connectivity index (χ3n) is 3.87. The van der Waals surface area contributed by atoms with Gasteiger partial charge in [0.2, 0.25) is 0 Å². The number of pyridine rings is 1. The molecule has 1 saturated carbocycles. The van der Waals surface area contributed by atoms with Gasteiger partial charge < -0.3 is 9.14 Å². The zero-order chi connectivity index (χ0) is 16.0. The molecular formula is C15H15N5O3. The standard InChI is InChI=1S/C15H15N5O3/c1-19-15(22)16-11(18-19)8-23-14(21)12-10-4-2-3-7-20(10)13(17-12)9-5-6-9/h2-4,7,9H,5-6,8H2,1H3,(H,16,18,22). The Morgan fingerprint density at radius 3 is 2.96 bits per heavy atom. The molecule has 0 atom stereocenters. The fourth-order valence-electron chi connectivity index (χ4n) is 2.56. The number of fused-ring (bicyclic) bond motifs is 1.